The number of halogens is 1. The fourth-order valence-electron chi connectivity index (χ4n) is 2.62. The lowest BCUT2D eigenvalue weighted by atomic mass is 10.1. The molecule has 6 heteroatoms. The molecule has 0 aromatic heterocycles. The maximum Gasteiger partial charge on any atom is 0.363 e. The van der Waals surface area contributed by atoms with Gasteiger partial charge in [0.25, 0.3) is 0 Å². The third-order valence-corrected chi connectivity index (χ3v) is 3.98. The van der Waals surface area contributed by atoms with Gasteiger partial charge < -0.3 is 10.1 Å². The Morgan fingerprint density at radius 1 is 1.23 bits per heavy atom. The summed E-state index contributed by atoms with van der Waals surface area (Å²) in [6, 6.07) is 16.2. The van der Waals surface area contributed by atoms with E-state index < -0.39 is 12.0 Å². The summed E-state index contributed by atoms with van der Waals surface area (Å²) in [5.41, 5.74) is 1.91. The smallest absolute Gasteiger partial charge is 0.363 e. The molecule has 1 aliphatic heterocycles. The molecule has 5 nitrogen and oxygen atoms in total. The number of rotatable bonds is 5. The van der Waals surface area contributed by atoms with Crippen LogP contribution in [0.3, 0.4) is 0 Å². The topological polar surface area (TPSA) is 67.8 Å². The zero-order valence-corrected chi connectivity index (χ0v) is 14.9. The van der Waals surface area contributed by atoms with Crippen LogP contribution < -0.4 is 5.32 Å². The minimum Gasteiger partial charge on any atom is -0.404 e. The second-order valence-corrected chi connectivity index (χ2v) is 6.30. The molecule has 2 aromatic carbocycles. The summed E-state index contributed by atoms with van der Waals surface area (Å²) in [5, 5.41) is 3.35. The zero-order chi connectivity index (χ0) is 18.5. The quantitative estimate of drug-likeness (QED) is 0.649. The van der Waals surface area contributed by atoms with Crippen LogP contribution in [0.1, 0.15) is 18.1 Å². The molecule has 2 aromatic rings. The Kier molecular flexibility index (Phi) is 5.49. The van der Waals surface area contributed by atoms with E-state index in [0.717, 1.165) is 11.1 Å². The van der Waals surface area contributed by atoms with Crippen molar-refractivity contribution < 1.29 is 14.3 Å². The molecule has 132 valence electrons. The van der Waals surface area contributed by atoms with E-state index in [9.17, 15) is 9.59 Å². The Bertz CT molecular complexity index is 891. The molecule has 1 N–H and O–H groups in total. The van der Waals surface area contributed by atoms with Gasteiger partial charge >= 0.3 is 5.97 Å². The number of cyclic esters (lactones) is 1. The molecule has 3 rings (SSSR count). The van der Waals surface area contributed by atoms with Gasteiger partial charge in [0.15, 0.2) is 5.70 Å². The van der Waals surface area contributed by atoms with Crippen molar-refractivity contribution in [3.8, 4) is 0 Å². The van der Waals surface area contributed by atoms with E-state index in [1.807, 2.05) is 36.4 Å². The van der Waals surface area contributed by atoms with Crippen molar-refractivity contribution in [1.82, 2.24) is 5.32 Å². The molecule has 0 saturated heterocycles. The van der Waals surface area contributed by atoms with Crippen molar-refractivity contribution in [3.05, 3.63) is 76.4 Å². The van der Waals surface area contributed by atoms with Crippen LogP contribution in [-0.4, -0.2) is 23.8 Å². The average Bonchev–Trinajstić information content (AvgIpc) is 2.96. The molecular formula is C20H17ClN2O3. The van der Waals surface area contributed by atoms with Crippen LogP contribution in [-0.2, 0) is 20.7 Å². The number of carbonyl (C=O) groups is 2. The van der Waals surface area contributed by atoms with Gasteiger partial charge in [-0.05, 0) is 29.3 Å². The minimum absolute atomic E-state index is 0.172. The first-order valence-corrected chi connectivity index (χ1v) is 8.48. The number of hydrogen-bond acceptors (Lipinski definition) is 4. The maximum atomic E-state index is 12.2. The Labute approximate surface area is 156 Å². The highest BCUT2D eigenvalue weighted by atomic mass is 35.5. The summed E-state index contributed by atoms with van der Waals surface area (Å²) < 4.78 is 5.31. The van der Waals surface area contributed by atoms with E-state index in [0.29, 0.717) is 11.4 Å². The lowest BCUT2D eigenvalue weighted by Gasteiger charge is -2.16. The highest BCUT2D eigenvalue weighted by molar-refractivity contribution is 6.30. The number of esters is 1. The number of hydrogen-bond donors (Lipinski definition) is 1. The summed E-state index contributed by atoms with van der Waals surface area (Å²) in [4.78, 5) is 28.0. The van der Waals surface area contributed by atoms with Gasteiger partial charge in [0.05, 0.1) is 0 Å². The van der Waals surface area contributed by atoms with Crippen LogP contribution in [0.2, 0.25) is 5.02 Å². The maximum absolute atomic E-state index is 12.2. The van der Waals surface area contributed by atoms with Crippen molar-refractivity contribution in [2.24, 2.45) is 4.99 Å². The van der Waals surface area contributed by atoms with E-state index in [2.05, 4.69) is 10.3 Å². The highest BCUT2D eigenvalue weighted by Crippen LogP contribution is 2.20. The van der Waals surface area contributed by atoms with Crippen molar-refractivity contribution in [2.45, 2.75) is 19.4 Å². The number of ether oxygens (including phenoxy) is 1. The summed E-state index contributed by atoms with van der Waals surface area (Å²) in [7, 11) is 0. The summed E-state index contributed by atoms with van der Waals surface area (Å²) in [6.45, 7) is 1.41. The van der Waals surface area contributed by atoms with Gasteiger partial charge in [-0.15, -0.1) is 0 Å². The standard InChI is InChI=1S/C20H17ClN2O3/c1-13(24)22-17(11-14-6-3-2-4-7-14)19-23-18(20(25)26-19)12-15-8-5-9-16(21)10-15/h2-10,12,17H,11H2,1H3,(H,22,24)/b18-12+. The molecule has 0 saturated carbocycles. The van der Waals surface area contributed by atoms with E-state index in [-0.39, 0.29) is 17.5 Å². The molecule has 0 spiro atoms. The Hall–Kier alpha value is -2.92. The third-order valence-electron chi connectivity index (χ3n) is 3.75. The monoisotopic (exact) mass is 368 g/mol. The third kappa shape index (κ3) is 4.58. The molecule has 1 aliphatic rings. The summed E-state index contributed by atoms with van der Waals surface area (Å²) in [6.07, 6.45) is 2.07. The molecule has 1 amide bonds. The predicted molar refractivity (Wildman–Crippen MR) is 101 cm³/mol. The van der Waals surface area contributed by atoms with Crippen LogP contribution >= 0.6 is 11.6 Å². The van der Waals surface area contributed by atoms with Crippen LogP contribution in [0.4, 0.5) is 0 Å². The Balaban J connectivity index is 1.86. The second kappa shape index (κ2) is 7.97. The van der Waals surface area contributed by atoms with Crippen molar-refractivity contribution >= 4 is 35.5 Å². The van der Waals surface area contributed by atoms with Crippen molar-refractivity contribution in [2.75, 3.05) is 0 Å². The first kappa shape index (κ1) is 17.9. The van der Waals surface area contributed by atoms with Crippen LogP contribution in [0.5, 0.6) is 0 Å². The van der Waals surface area contributed by atoms with E-state index in [1.54, 1.807) is 24.3 Å². The number of carbonyl (C=O) groups excluding carboxylic acids is 2. The molecule has 0 bridgehead atoms. The fraction of sp³-hybridized carbons (Fsp3) is 0.150. The van der Waals surface area contributed by atoms with E-state index in [4.69, 9.17) is 16.3 Å². The number of nitrogens with one attached hydrogen (secondary N) is 1. The molecular weight excluding hydrogens is 352 g/mol. The molecule has 26 heavy (non-hydrogen) atoms. The molecule has 1 heterocycles. The fourth-order valence-corrected chi connectivity index (χ4v) is 2.82. The number of benzene rings is 2. The van der Waals surface area contributed by atoms with Gasteiger partial charge in [0.2, 0.25) is 11.8 Å². The Morgan fingerprint density at radius 2 is 2.00 bits per heavy atom. The normalized spacial score (nSPS) is 16.2. The predicted octanol–water partition coefficient (Wildman–Crippen LogP) is 3.38. The van der Waals surface area contributed by atoms with Crippen LogP contribution in [0.25, 0.3) is 6.08 Å². The van der Waals surface area contributed by atoms with Crippen molar-refractivity contribution in [1.29, 1.82) is 0 Å². The van der Waals surface area contributed by atoms with Gasteiger partial charge in [-0.1, -0.05) is 54.1 Å². The van der Waals surface area contributed by atoms with Gasteiger partial charge in [0.1, 0.15) is 6.04 Å². The van der Waals surface area contributed by atoms with Gasteiger partial charge in [-0.2, -0.15) is 0 Å². The zero-order valence-electron chi connectivity index (χ0n) is 14.1. The molecule has 0 aliphatic carbocycles. The van der Waals surface area contributed by atoms with Gasteiger partial charge in [-0.3, -0.25) is 4.79 Å². The first-order chi connectivity index (χ1) is 12.5. The Morgan fingerprint density at radius 3 is 2.69 bits per heavy atom. The average molecular weight is 369 g/mol. The second-order valence-electron chi connectivity index (χ2n) is 5.87. The molecule has 1 unspecified atom stereocenters. The summed E-state index contributed by atoms with van der Waals surface area (Å²) >= 11 is 5.96. The lowest BCUT2D eigenvalue weighted by Crippen LogP contribution is -2.41. The lowest BCUT2D eigenvalue weighted by molar-refractivity contribution is -0.130. The van der Waals surface area contributed by atoms with E-state index in [1.165, 1.54) is 6.92 Å². The van der Waals surface area contributed by atoms with Gasteiger partial charge in [0, 0.05) is 18.4 Å². The van der Waals surface area contributed by atoms with Crippen LogP contribution in [0.15, 0.2) is 65.3 Å². The molecule has 0 radical (unpaired) electrons. The SMILES string of the molecule is CC(=O)NC(Cc1ccccc1)C1=N/C(=C/c2cccc(Cl)c2)C(=O)O1. The first-order valence-electron chi connectivity index (χ1n) is 8.10. The molecule has 0 fully saturated rings. The highest BCUT2D eigenvalue weighted by Gasteiger charge is 2.30. The largest absolute Gasteiger partial charge is 0.404 e. The number of aliphatic imine (C=N–C) groups is 1. The minimum atomic E-state index is -0.552. The van der Waals surface area contributed by atoms with Gasteiger partial charge in [-0.25, -0.2) is 9.79 Å². The molecule has 1 atom stereocenters. The number of nitrogens with zero attached hydrogens (tertiary/aromatic N) is 1. The summed E-state index contributed by atoms with van der Waals surface area (Å²) in [5.74, 6) is -0.595. The van der Waals surface area contributed by atoms with E-state index >= 15 is 0 Å². The van der Waals surface area contributed by atoms with Crippen molar-refractivity contribution in [3.63, 3.8) is 0 Å². The van der Waals surface area contributed by atoms with Crippen LogP contribution in [0, 0.1) is 0 Å². The number of amides is 1.